The third-order valence-electron chi connectivity index (χ3n) is 11.2. The van der Waals surface area contributed by atoms with Gasteiger partial charge in [-0.05, 0) is 60.8 Å². The maximum atomic E-state index is 14.6. The Labute approximate surface area is 409 Å². The van der Waals surface area contributed by atoms with Gasteiger partial charge in [0.05, 0.1) is 13.2 Å². The molecule has 0 bridgehead atoms. The first-order chi connectivity index (χ1) is 33.9. The second-order valence-electron chi connectivity index (χ2n) is 16.8. The molecule has 1 heterocycles. The largest absolute Gasteiger partial charge is 0.374 e. The lowest BCUT2D eigenvalue weighted by Crippen LogP contribution is -2.61. The van der Waals surface area contributed by atoms with E-state index in [2.05, 4.69) is 21.3 Å². The van der Waals surface area contributed by atoms with Crippen LogP contribution in [0.25, 0.3) is 0 Å². The van der Waals surface area contributed by atoms with Crippen molar-refractivity contribution in [3.8, 4) is 0 Å². The van der Waals surface area contributed by atoms with Gasteiger partial charge in [-0.25, -0.2) is 15.2 Å². The predicted octanol–water partition coefficient (Wildman–Crippen LogP) is 4.44. The van der Waals surface area contributed by atoms with E-state index < -0.39 is 47.8 Å². The number of hydrogen-bond acceptors (Lipinski definition) is 11. The number of hydroxylamine groups is 6. The number of carbonyl (C=O) groups is 7. The third kappa shape index (κ3) is 18.8. The molecule has 18 nitrogen and oxygen atoms in total. The molecule has 0 aromatic heterocycles. The molecular weight excluding hydrogens is 899 g/mol. The minimum absolute atomic E-state index is 0.00763. The third-order valence-corrected chi connectivity index (χ3v) is 11.2. The van der Waals surface area contributed by atoms with E-state index in [9.17, 15) is 33.6 Å². The number of carbonyl (C=O) groups excluding carboxylic acids is 7. The molecule has 4 aromatic carbocycles. The summed E-state index contributed by atoms with van der Waals surface area (Å²) in [6.07, 6.45) is 1.35. The van der Waals surface area contributed by atoms with Gasteiger partial charge in [0, 0.05) is 40.4 Å². The summed E-state index contributed by atoms with van der Waals surface area (Å²) in [5.74, 6) is -3.18. The molecule has 4 N–H and O–H groups in total. The van der Waals surface area contributed by atoms with Gasteiger partial charge < -0.3 is 26.0 Å². The molecule has 4 aromatic rings. The van der Waals surface area contributed by atoms with E-state index >= 15 is 0 Å². The molecule has 7 amide bonds. The van der Waals surface area contributed by atoms with Crippen LogP contribution in [0, 0.1) is 0 Å². The SMILES string of the molecule is CC(=O)N[C@@H](CCCN(OCc1ccccc1)C(C)=O)C(=O)N[C@@H](COCc1ccccc1)C(=O)N(CCC[C@@H]1NC(=O)[C@H](CCCN(OCc2ccccc2)C(C)=O)NC1=O)OCc1ccccc1. The highest BCUT2D eigenvalue weighted by molar-refractivity contribution is 5.97. The van der Waals surface area contributed by atoms with Gasteiger partial charge in [-0.2, -0.15) is 0 Å². The Balaban J connectivity index is 1.22. The zero-order valence-electron chi connectivity index (χ0n) is 40.1. The lowest BCUT2D eigenvalue weighted by Gasteiger charge is -2.31. The van der Waals surface area contributed by atoms with Crippen molar-refractivity contribution in [3.63, 3.8) is 0 Å². The summed E-state index contributed by atoms with van der Waals surface area (Å²) < 4.78 is 6.01. The van der Waals surface area contributed by atoms with Gasteiger partial charge in [-0.1, -0.05) is 121 Å². The summed E-state index contributed by atoms with van der Waals surface area (Å²) in [5.41, 5.74) is 3.36. The molecule has 0 aliphatic carbocycles. The van der Waals surface area contributed by atoms with Gasteiger partial charge in [-0.15, -0.1) is 0 Å². The van der Waals surface area contributed by atoms with Crippen LogP contribution in [-0.2, 0) is 79.2 Å². The van der Waals surface area contributed by atoms with Gasteiger partial charge in [-0.3, -0.25) is 48.1 Å². The number of nitrogens with zero attached hydrogens (tertiary/aromatic N) is 3. The van der Waals surface area contributed by atoms with Crippen LogP contribution in [-0.4, -0.2) is 107 Å². The molecule has 18 heteroatoms. The number of ether oxygens (including phenoxy) is 1. The predicted molar refractivity (Wildman–Crippen MR) is 257 cm³/mol. The molecule has 1 saturated heterocycles. The lowest BCUT2D eigenvalue weighted by atomic mass is 10.0. The maximum absolute atomic E-state index is 14.6. The highest BCUT2D eigenvalue weighted by Crippen LogP contribution is 2.15. The van der Waals surface area contributed by atoms with E-state index in [0.29, 0.717) is 6.42 Å². The summed E-state index contributed by atoms with van der Waals surface area (Å²) in [7, 11) is 0. The zero-order chi connectivity index (χ0) is 50.1. The molecule has 5 rings (SSSR count). The quantitative estimate of drug-likeness (QED) is 0.0559. The van der Waals surface area contributed by atoms with Crippen LogP contribution in [0.1, 0.15) is 81.5 Å². The van der Waals surface area contributed by atoms with E-state index in [1.807, 2.05) is 121 Å². The van der Waals surface area contributed by atoms with E-state index in [4.69, 9.17) is 19.2 Å². The van der Waals surface area contributed by atoms with Crippen LogP contribution in [0.5, 0.6) is 0 Å². The van der Waals surface area contributed by atoms with Gasteiger partial charge >= 0.3 is 0 Å². The molecule has 0 saturated carbocycles. The van der Waals surface area contributed by atoms with Crippen molar-refractivity contribution in [2.24, 2.45) is 0 Å². The van der Waals surface area contributed by atoms with E-state index in [-0.39, 0.29) is 102 Å². The van der Waals surface area contributed by atoms with Gasteiger partial charge in [0.15, 0.2) is 0 Å². The van der Waals surface area contributed by atoms with Gasteiger partial charge in [0.25, 0.3) is 5.91 Å². The van der Waals surface area contributed by atoms with Crippen LogP contribution < -0.4 is 21.3 Å². The normalized spacial score (nSPS) is 15.1. The molecule has 1 aliphatic heterocycles. The Bertz CT molecular complexity index is 2280. The minimum atomic E-state index is -1.30. The molecule has 0 radical (unpaired) electrons. The van der Waals surface area contributed by atoms with Crippen LogP contribution in [0.2, 0.25) is 0 Å². The Morgan fingerprint density at radius 2 is 0.900 bits per heavy atom. The average molecular weight is 964 g/mol. The van der Waals surface area contributed by atoms with Crippen LogP contribution in [0.3, 0.4) is 0 Å². The highest BCUT2D eigenvalue weighted by Gasteiger charge is 2.35. The molecular formula is C52H65N7O11. The van der Waals surface area contributed by atoms with Crippen molar-refractivity contribution in [3.05, 3.63) is 144 Å². The average Bonchev–Trinajstić information content (AvgIpc) is 3.35. The van der Waals surface area contributed by atoms with Crippen molar-refractivity contribution >= 4 is 41.4 Å². The van der Waals surface area contributed by atoms with Crippen LogP contribution in [0.4, 0.5) is 0 Å². The fourth-order valence-corrected chi connectivity index (χ4v) is 7.45. The highest BCUT2D eigenvalue weighted by atomic mass is 16.7. The van der Waals surface area contributed by atoms with Gasteiger partial charge in [0.1, 0.15) is 44.0 Å². The Hall–Kier alpha value is -6.99. The summed E-state index contributed by atoms with van der Waals surface area (Å²) in [5, 5.41) is 14.6. The van der Waals surface area contributed by atoms with E-state index in [1.54, 1.807) is 0 Å². The van der Waals surface area contributed by atoms with Crippen molar-refractivity contribution in [1.82, 2.24) is 36.5 Å². The first-order valence-corrected chi connectivity index (χ1v) is 23.5. The number of nitrogens with one attached hydrogen (secondary N) is 4. The lowest BCUT2D eigenvalue weighted by molar-refractivity contribution is -0.196. The fourth-order valence-electron chi connectivity index (χ4n) is 7.45. The second-order valence-corrected chi connectivity index (χ2v) is 16.8. The number of hydrogen-bond donors (Lipinski definition) is 4. The smallest absolute Gasteiger partial charge is 0.271 e. The molecule has 4 atom stereocenters. The second kappa shape index (κ2) is 29.1. The topological polar surface area (TPSA) is 214 Å². The van der Waals surface area contributed by atoms with E-state index in [0.717, 1.165) is 27.3 Å². The summed E-state index contributed by atoms with van der Waals surface area (Å²) in [4.78, 5) is 110. The molecule has 0 spiro atoms. The monoisotopic (exact) mass is 963 g/mol. The Kier molecular flexibility index (Phi) is 22.5. The molecule has 374 valence electrons. The standard InChI is InChI=1S/C52H65N7O11/c1-38(60)53-45(27-16-30-57(39(2)61)68-34-42-21-10-5-11-22-42)49(63)56-48(37-67-33-41-19-8-4-9-20-41)52(66)59(70-36-44-25-14-7-15-26-44)32-18-29-47-51(65)54-46(50(64)55-47)28-17-31-58(40(3)62)69-35-43-23-12-6-13-24-43/h4-15,19-26,45-48H,16-18,27-37H2,1-3H3,(H,53,60)(H,54,65)(H,55,64)(H,56,63)/t45-,46-,47-,48-/m0/s1. The van der Waals surface area contributed by atoms with Crippen molar-refractivity contribution in [2.45, 2.75) is 110 Å². The van der Waals surface area contributed by atoms with Crippen molar-refractivity contribution in [1.29, 1.82) is 0 Å². The number of amides is 7. The fraction of sp³-hybridized carbons (Fsp3) is 0.404. The van der Waals surface area contributed by atoms with E-state index in [1.165, 1.54) is 30.9 Å². The van der Waals surface area contributed by atoms with Crippen LogP contribution >= 0.6 is 0 Å². The summed E-state index contributed by atoms with van der Waals surface area (Å²) in [6.45, 7) is 4.55. The van der Waals surface area contributed by atoms with Crippen LogP contribution in [0.15, 0.2) is 121 Å². The Morgan fingerprint density at radius 1 is 0.514 bits per heavy atom. The van der Waals surface area contributed by atoms with Crippen molar-refractivity contribution in [2.75, 3.05) is 26.2 Å². The maximum Gasteiger partial charge on any atom is 0.271 e. The number of piperazine rings is 1. The molecule has 70 heavy (non-hydrogen) atoms. The summed E-state index contributed by atoms with van der Waals surface area (Å²) >= 11 is 0. The minimum Gasteiger partial charge on any atom is -0.374 e. The first-order valence-electron chi connectivity index (χ1n) is 23.5. The van der Waals surface area contributed by atoms with Crippen molar-refractivity contribution < 1.29 is 52.8 Å². The molecule has 1 fully saturated rings. The summed E-state index contributed by atoms with van der Waals surface area (Å²) in [6, 6.07) is 33.1. The molecule has 1 aliphatic rings. The zero-order valence-corrected chi connectivity index (χ0v) is 40.1. The molecule has 0 unspecified atom stereocenters. The number of benzene rings is 4. The number of rotatable bonds is 29. The first kappa shape index (κ1) is 54.0. The Morgan fingerprint density at radius 3 is 1.31 bits per heavy atom. The van der Waals surface area contributed by atoms with Gasteiger partial charge in [0.2, 0.25) is 35.4 Å².